The highest BCUT2D eigenvalue weighted by atomic mass is 32.1. The molecule has 0 radical (unpaired) electrons. The summed E-state index contributed by atoms with van der Waals surface area (Å²) < 4.78 is 0. The molecule has 2 rings (SSSR count). The fourth-order valence-corrected chi connectivity index (χ4v) is 2.58. The van der Waals surface area contributed by atoms with E-state index < -0.39 is 0 Å². The third-order valence-corrected chi connectivity index (χ3v) is 3.94. The number of nitrogens with two attached hydrogens (primary N) is 1. The van der Waals surface area contributed by atoms with Crippen LogP contribution in [0, 0.1) is 20.8 Å². The molecule has 2 heterocycles. The van der Waals surface area contributed by atoms with E-state index in [4.69, 9.17) is 5.73 Å². The zero-order chi connectivity index (χ0) is 12.4. The van der Waals surface area contributed by atoms with Gasteiger partial charge in [-0.1, -0.05) is 0 Å². The van der Waals surface area contributed by atoms with Crippen molar-refractivity contribution in [2.45, 2.75) is 27.3 Å². The van der Waals surface area contributed by atoms with Crippen LogP contribution < -0.4 is 11.1 Å². The summed E-state index contributed by atoms with van der Waals surface area (Å²) in [5.41, 5.74) is 8.69. The van der Waals surface area contributed by atoms with Crippen LogP contribution >= 0.6 is 11.3 Å². The topological polar surface area (TPSA) is 50.9 Å². The predicted molar refractivity (Wildman–Crippen MR) is 74.5 cm³/mol. The molecule has 2 aromatic rings. The van der Waals surface area contributed by atoms with Gasteiger partial charge in [-0.3, -0.25) is 0 Å². The summed E-state index contributed by atoms with van der Waals surface area (Å²) in [6, 6.07) is 6.02. The van der Waals surface area contributed by atoms with Crippen molar-refractivity contribution in [1.82, 2.24) is 4.98 Å². The van der Waals surface area contributed by atoms with Crippen LogP contribution in [0.1, 0.15) is 21.0 Å². The van der Waals surface area contributed by atoms with Gasteiger partial charge < -0.3 is 11.1 Å². The third-order valence-electron chi connectivity index (χ3n) is 2.79. The maximum absolute atomic E-state index is 5.73. The highest BCUT2D eigenvalue weighted by Crippen LogP contribution is 2.21. The zero-order valence-electron chi connectivity index (χ0n) is 10.4. The SMILES string of the molecule is Cc1cc(CNc2ccc(N)c(C)n2)sc1C. The molecule has 0 aromatic carbocycles. The van der Waals surface area contributed by atoms with Gasteiger partial charge in [0.15, 0.2) is 0 Å². The van der Waals surface area contributed by atoms with Crippen LogP contribution in [0.3, 0.4) is 0 Å². The number of hydrogen-bond donors (Lipinski definition) is 2. The van der Waals surface area contributed by atoms with Crippen LogP contribution in [0.5, 0.6) is 0 Å². The summed E-state index contributed by atoms with van der Waals surface area (Å²) in [6.07, 6.45) is 0. The molecule has 0 aliphatic rings. The molecule has 0 spiro atoms. The van der Waals surface area contributed by atoms with Gasteiger partial charge in [-0.2, -0.15) is 0 Å². The smallest absolute Gasteiger partial charge is 0.126 e. The Morgan fingerprint density at radius 2 is 2.06 bits per heavy atom. The molecule has 0 aliphatic heterocycles. The number of hydrogen-bond acceptors (Lipinski definition) is 4. The molecule has 0 saturated heterocycles. The number of nitrogens with one attached hydrogen (secondary N) is 1. The summed E-state index contributed by atoms with van der Waals surface area (Å²) in [5, 5.41) is 3.31. The number of nitrogens with zero attached hydrogens (tertiary/aromatic N) is 1. The van der Waals surface area contributed by atoms with Gasteiger partial charge >= 0.3 is 0 Å². The molecule has 3 N–H and O–H groups in total. The van der Waals surface area contributed by atoms with Crippen molar-refractivity contribution in [1.29, 1.82) is 0 Å². The molecule has 0 amide bonds. The highest BCUT2D eigenvalue weighted by Gasteiger charge is 2.02. The highest BCUT2D eigenvalue weighted by molar-refractivity contribution is 7.12. The molecule has 17 heavy (non-hydrogen) atoms. The molecule has 0 unspecified atom stereocenters. The first kappa shape index (κ1) is 11.9. The van der Waals surface area contributed by atoms with E-state index in [1.807, 2.05) is 30.4 Å². The second kappa shape index (κ2) is 4.75. The second-order valence-electron chi connectivity index (χ2n) is 4.18. The minimum absolute atomic E-state index is 0.735. The van der Waals surface area contributed by atoms with Crippen LogP contribution in [0.4, 0.5) is 11.5 Å². The van der Waals surface area contributed by atoms with E-state index in [0.29, 0.717) is 0 Å². The van der Waals surface area contributed by atoms with Crippen LogP contribution in [-0.4, -0.2) is 4.98 Å². The van der Waals surface area contributed by atoms with Gasteiger partial charge in [0, 0.05) is 9.75 Å². The maximum atomic E-state index is 5.73. The Bertz CT molecular complexity index is 512. The first-order valence-electron chi connectivity index (χ1n) is 5.59. The lowest BCUT2D eigenvalue weighted by atomic mass is 10.3. The first-order chi connectivity index (χ1) is 8.06. The van der Waals surface area contributed by atoms with Crippen molar-refractivity contribution in [3.63, 3.8) is 0 Å². The average molecular weight is 247 g/mol. The minimum atomic E-state index is 0.735. The Hall–Kier alpha value is -1.55. The minimum Gasteiger partial charge on any atom is -0.397 e. The van der Waals surface area contributed by atoms with Crippen LogP contribution in [0.15, 0.2) is 18.2 Å². The first-order valence-corrected chi connectivity index (χ1v) is 6.41. The van der Waals surface area contributed by atoms with Gasteiger partial charge in [-0.25, -0.2) is 4.98 Å². The molecule has 3 nitrogen and oxygen atoms in total. The molecule has 0 fully saturated rings. The zero-order valence-corrected chi connectivity index (χ0v) is 11.2. The molecular formula is C13H17N3S. The molecule has 0 atom stereocenters. The van der Waals surface area contributed by atoms with Crippen molar-refractivity contribution in [2.75, 3.05) is 11.1 Å². The predicted octanol–water partition coefficient (Wildman–Crippen LogP) is 3.26. The quantitative estimate of drug-likeness (QED) is 0.875. The monoisotopic (exact) mass is 247 g/mol. The molecule has 90 valence electrons. The number of aryl methyl sites for hydroxylation is 3. The molecule has 0 saturated carbocycles. The molecular weight excluding hydrogens is 230 g/mol. The lowest BCUT2D eigenvalue weighted by Crippen LogP contribution is -2.02. The summed E-state index contributed by atoms with van der Waals surface area (Å²) >= 11 is 1.83. The van der Waals surface area contributed by atoms with Crippen LogP contribution in [0.25, 0.3) is 0 Å². The Morgan fingerprint density at radius 1 is 1.29 bits per heavy atom. The summed E-state index contributed by atoms with van der Waals surface area (Å²) in [6.45, 7) is 7.02. The van der Waals surface area contributed by atoms with Crippen molar-refractivity contribution >= 4 is 22.8 Å². The van der Waals surface area contributed by atoms with Gasteiger partial charge in [-0.15, -0.1) is 11.3 Å². The lowest BCUT2D eigenvalue weighted by molar-refractivity contribution is 1.11. The molecule has 2 aromatic heterocycles. The normalized spacial score (nSPS) is 10.5. The number of thiophene rings is 1. The van der Waals surface area contributed by atoms with Crippen molar-refractivity contribution in [3.05, 3.63) is 39.2 Å². The van der Waals surface area contributed by atoms with Gasteiger partial charge in [0.1, 0.15) is 5.82 Å². The Labute approximate surface area is 106 Å². The van der Waals surface area contributed by atoms with E-state index in [0.717, 1.165) is 23.7 Å². The number of pyridine rings is 1. The lowest BCUT2D eigenvalue weighted by Gasteiger charge is -2.06. The third kappa shape index (κ3) is 2.77. The number of anilines is 2. The van der Waals surface area contributed by atoms with E-state index in [-0.39, 0.29) is 0 Å². The van der Waals surface area contributed by atoms with E-state index in [9.17, 15) is 0 Å². The summed E-state index contributed by atoms with van der Waals surface area (Å²) in [5.74, 6) is 0.875. The maximum Gasteiger partial charge on any atom is 0.126 e. The molecule has 4 heteroatoms. The summed E-state index contributed by atoms with van der Waals surface area (Å²) in [7, 11) is 0. The van der Waals surface area contributed by atoms with Gasteiger partial charge in [-0.05, 0) is 44.5 Å². The van der Waals surface area contributed by atoms with E-state index in [2.05, 4.69) is 30.2 Å². The van der Waals surface area contributed by atoms with E-state index in [1.165, 1.54) is 15.3 Å². The Balaban J connectivity index is 2.04. The van der Waals surface area contributed by atoms with Crippen LogP contribution in [0.2, 0.25) is 0 Å². The summed E-state index contributed by atoms with van der Waals surface area (Å²) in [4.78, 5) is 7.09. The standard InChI is InChI=1S/C13H17N3S/c1-8-6-11(17-10(8)3)7-15-13-5-4-12(14)9(2)16-13/h4-6H,7,14H2,1-3H3,(H,15,16). The van der Waals surface area contributed by atoms with Crippen molar-refractivity contribution < 1.29 is 0 Å². The fourth-order valence-electron chi connectivity index (χ4n) is 1.58. The van der Waals surface area contributed by atoms with E-state index in [1.54, 1.807) is 0 Å². The van der Waals surface area contributed by atoms with Crippen molar-refractivity contribution in [3.8, 4) is 0 Å². The Morgan fingerprint density at radius 3 is 2.65 bits per heavy atom. The van der Waals surface area contributed by atoms with Crippen LogP contribution in [-0.2, 0) is 6.54 Å². The second-order valence-corrected chi connectivity index (χ2v) is 5.52. The number of aromatic nitrogens is 1. The van der Waals surface area contributed by atoms with Gasteiger partial charge in [0.2, 0.25) is 0 Å². The van der Waals surface area contributed by atoms with Gasteiger partial charge in [0.05, 0.1) is 17.9 Å². The molecule has 0 bridgehead atoms. The fraction of sp³-hybridized carbons (Fsp3) is 0.308. The number of nitrogen functional groups attached to an aromatic ring is 1. The van der Waals surface area contributed by atoms with Crippen molar-refractivity contribution in [2.24, 2.45) is 0 Å². The largest absolute Gasteiger partial charge is 0.397 e. The number of rotatable bonds is 3. The molecule has 0 aliphatic carbocycles. The Kier molecular flexibility index (Phi) is 3.33. The average Bonchev–Trinajstić information content (AvgIpc) is 2.60. The van der Waals surface area contributed by atoms with Gasteiger partial charge in [0.25, 0.3) is 0 Å². The van der Waals surface area contributed by atoms with E-state index >= 15 is 0 Å².